The average molecular weight is 310 g/mol. The van der Waals surface area contributed by atoms with Gasteiger partial charge in [0.25, 0.3) is 0 Å². The molecule has 1 saturated carbocycles. The van der Waals surface area contributed by atoms with Crippen LogP contribution < -0.4 is 0 Å². The van der Waals surface area contributed by atoms with Gasteiger partial charge < -0.3 is 0 Å². The first-order chi connectivity index (χ1) is 9.50. The number of hydrogen-bond acceptors (Lipinski definition) is 0. The Balaban J connectivity index is 2.56. The lowest BCUT2D eigenvalue weighted by atomic mass is 9.86. The summed E-state index contributed by atoms with van der Waals surface area (Å²) in [6.45, 7) is 3.74. The minimum absolute atomic E-state index is 0.113. The van der Waals surface area contributed by atoms with Gasteiger partial charge in [0, 0.05) is 0 Å². The van der Waals surface area contributed by atoms with E-state index in [9.17, 15) is 26.3 Å². The molecule has 0 radical (unpaired) electrons. The van der Waals surface area contributed by atoms with E-state index >= 15 is 0 Å². The first kappa shape index (κ1) is 16.2. The van der Waals surface area contributed by atoms with Crippen molar-refractivity contribution in [3.8, 4) is 0 Å². The molecular formula is C15H16F6. The molecule has 0 saturated heterocycles. The fraction of sp³-hybridized carbons (Fsp3) is 0.600. The lowest BCUT2D eigenvalue weighted by molar-refractivity contribution is -0.143. The molecule has 118 valence electrons. The van der Waals surface area contributed by atoms with Crippen LogP contribution in [0.1, 0.15) is 49.8 Å². The van der Waals surface area contributed by atoms with Crippen LogP contribution in [0, 0.1) is 5.92 Å². The number of alkyl halides is 6. The third kappa shape index (κ3) is 3.04. The maximum atomic E-state index is 12.9. The summed E-state index contributed by atoms with van der Waals surface area (Å²) in [5.41, 5.74) is -2.81. The maximum Gasteiger partial charge on any atom is 0.416 e. The minimum atomic E-state index is -4.78. The normalized spacial score (nSPS) is 26.0. The summed E-state index contributed by atoms with van der Waals surface area (Å²) >= 11 is 0. The molecule has 0 amide bonds. The van der Waals surface area contributed by atoms with Crippen LogP contribution in [0.3, 0.4) is 0 Å². The molecule has 1 aliphatic carbocycles. The number of hydrogen-bond donors (Lipinski definition) is 0. The highest BCUT2D eigenvalue weighted by Gasteiger charge is 2.52. The Morgan fingerprint density at radius 2 is 1.43 bits per heavy atom. The van der Waals surface area contributed by atoms with Crippen molar-refractivity contribution in [1.29, 1.82) is 0 Å². The standard InChI is InChI=1S/C15H16F6/c1-3-4-13(8-9(13)2)10-5-11(14(16,17)18)7-12(6-10)15(19,20)21/h5-7,9H,3-4,8H2,1-2H3. The number of benzene rings is 1. The lowest BCUT2D eigenvalue weighted by Gasteiger charge is -2.21. The van der Waals surface area contributed by atoms with Crippen LogP contribution in [0.15, 0.2) is 18.2 Å². The molecule has 6 heteroatoms. The predicted octanol–water partition coefficient (Wildman–Crippen LogP) is 5.80. The Kier molecular flexibility index (Phi) is 3.79. The van der Waals surface area contributed by atoms with E-state index in [4.69, 9.17) is 0 Å². The van der Waals surface area contributed by atoms with Gasteiger partial charge in [-0.15, -0.1) is 0 Å². The highest BCUT2D eigenvalue weighted by molar-refractivity contribution is 5.41. The smallest absolute Gasteiger partial charge is 0.166 e. The number of rotatable bonds is 3. The van der Waals surface area contributed by atoms with Crippen LogP contribution >= 0.6 is 0 Å². The molecule has 0 aliphatic heterocycles. The van der Waals surface area contributed by atoms with Crippen molar-refractivity contribution in [3.63, 3.8) is 0 Å². The van der Waals surface area contributed by atoms with Crippen molar-refractivity contribution < 1.29 is 26.3 Å². The first-order valence-electron chi connectivity index (χ1n) is 6.80. The van der Waals surface area contributed by atoms with Gasteiger partial charge in [0.15, 0.2) is 0 Å². The van der Waals surface area contributed by atoms with Gasteiger partial charge in [0.1, 0.15) is 0 Å². The molecule has 0 N–H and O–H groups in total. The molecule has 1 fully saturated rings. The van der Waals surface area contributed by atoms with Crippen LogP contribution in [-0.4, -0.2) is 0 Å². The van der Waals surface area contributed by atoms with Crippen LogP contribution in [-0.2, 0) is 17.8 Å². The third-order valence-corrected chi connectivity index (χ3v) is 4.31. The quantitative estimate of drug-likeness (QED) is 0.619. The van der Waals surface area contributed by atoms with E-state index in [0.717, 1.165) is 18.6 Å². The van der Waals surface area contributed by atoms with Gasteiger partial charge >= 0.3 is 12.4 Å². The van der Waals surface area contributed by atoms with Crippen LogP contribution in [0.25, 0.3) is 0 Å². The van der Waals surface area contributed by atoms with Gasteiger partial charge in [0.2, 0.25) is 0 Å². The summed E-state index contributed by atoms with van der Waals surface area (Å²) in [4.78, 5) is 0. The largest absolute Gasteiger partial charge is 0.416 e. The SMILES string of the molecule is CCCC1(c2cc(C(F)(F)F)cc(C(F)(F)F)c2)CC1C. The first-order valence-corrected chi connectivity index (χ1v) is 6.80. The zero-order chi connectivity index (χ0) is 16.1. The molecule has 0 aromatic heterocycles. The molecule has 0 nitrogen and oxygen atoms in total. The van der Waals surface area contributed by atoms with E-state index in [1.807, 2.05) is 13.8 Å². The Morgan fingerprint density at radius 3 is 1.71 bits per heavy atom. The van der Waals surface area contributed by atoms with E-state index in [1.165, 1.54) is 0 Å². The zero-order valence-corrected chi connectivity index (χ0v) is 11.7. The summed E-state index contributed by atoms with van der Waals surface area (Å²) < 4.78 is 77.2. The van der Waals surface area contributed by atoms with Gasteiger partial charge in [-0.2, -0.15) is 26.3 Å². The van der Waals surface area contributed by atoms with Crippen molar-refractivity contribution in [3.05, 3.63) is 34.9 Å². The van der Waals surface area contributed by atoms with Gasteiger partial charge in [-0.1, -0.05) is 20.3 Å². The molecule has 0 heterocycles. The predicted molar refractivity (Wildman–Crippen MR) is 66.8 cm³/mol. The van der Waals surface area contributed by atoms with E-state index in [-0.39, 0.29) is 17.5 Å². The fourth-order valence-electron chi connectivity index (χ4n) is 3.07. The van der Waals surface area contributed by atoms with Gasteiger partial charge in [-0.25, -0.2) is 0 Å². The highest BCUT2D eigenvalue weighted by atomic mass is 19.4. The zero-order valence-electron chi connectivity index (χ0n) is 11.7. The molecular weight excluding hydrogens is 294 g/mol. The Labute approximate surface area is 119 Å². The van der Waals surface area contributed by atoms with Crippen LogP contribution in [0.2, 0.25) is 0 Å². The van der Waals surface area contributed by atoms with E-state index in [2.05, 4.69) is 0 Å². The Bertz CT molecular complexity index is 496. The van der Waals surface area contributed by atoms with Crippen molar-refractivity contribution in [2.75, 3.05) is 0 Å². The molecule has 21 heavy (non-hydrogen) atoms. The van der Waals surface area contributed by atoms with E-state index in [1.54, 1.807) is 0 Å². The van der Waals surface area contributed by atoms with Crippen molar-refractivity contribution >= 4 is 0 Å². The molecule has 2 unspecified atom stereocenters. The number of halogens is 6. The second kappa shape index (κ2) is 4.92. The monoisotopic (exact) mass is 310 g/mol. The van der Waals surface area contributed by atoms with Gasteiger partial charge in [0.05, 0.1) is 11.1 Å². The molecule has 0 bridgehead atoms. The van der Waals surface area contributed by atoms with Crippen LogP contribution in [0.4, 0.5) is 26.3 Å². The maximum absolute atomic E-state index is 12.9. The van der Waals surface area contributed by atoms with Crippen molar-refractivity contribution in [2.45, 2.75) is 50.9 Å². The molecule has 0 spiro atoms. The average Bonchev–Trinajstić information content (AvgIpc) is 2.99. The highest BCUT2D eigenvalue weighted by Crippen LogP contribution is 2.58. The van der Waals surface area contributed by atoms with Crippen molar-refractivity contribution in [2.24, 2.45) is 5.92 Å². The second-order valence-electron chi connectivity index (χ2n) is 5.81. The minimum Gasteiger partial charge on any atom is -0.166 e. The van der Waals surface area contributed by atoms with E-state index < -0.39 is 28.9 Å². The fourth-order valence-corrected chi connectivity index (χ4v) is 3.07. The summed E-state index contributed by atoms with van der Waals surface area (Å²) in [7, 11) is 0. The summed E-state index contributed by atoms with van der Waals surface area (Å²) in [5.74, 6) is 0.113. The second-order valence-corrected chi connectivity index (χ2v) is 5.81. The van der Waals surface area contributed by atoms with Gasteiger partial charge in [-0.3, -0.25) is 0 Å². The van der Waals surface area contributed by atoms with Gasteiger partial charge in [-0.05, 0) is 47.9 Å². The topological polar surface area (TPSA) is 0 Å². The Morgan fingerprint density at radius 1 is 1.00 bits per heavy atom. The molecule has 1 aliphatic rings. The molecule has 1 aromatic carbocycles. The molecule has 1 aromatic rings. The summed E-state index contributed by atoms with van der Waals surface area (Å²) in [6, 6.07) is 1.96. The summed E-state index contributed by atoms with van der Waals surface area (Å²) in [5, 5.41) is 0. The molecule has 2 atom stereocenters. The van der Waals surface area contributed by atoms with E-state index in [0.29, 0.717) is 12.8 Å². The van der Waals surface area contributed by atoms with Crippen molar-refractivity contribution in [1.82, 2.24) is 0 Å². The lowest BCUT2D eigenvalue weighted by Crippen LogP contribution is -2.16. The third-order valence-electron chi connectivity index (χ3n) is 4.31. The Hall–Kier alpha value is -1.20. The molecule has 2 rings (SSSR count). The van der Waals surface area contributed by atoms with Crippen LogP contribution in [0.5, 0.6) is 0 Å². The summed E-state index contributed by atoms with van der Waals surface area (Å²) in [6.07, 6.45) is -7.59.